The molecule has 18 heavy (non-hydrogen) atoms. The van der Waals surface area contributed by atoms with E-state index in [2.05, 4.69) is 0 Å². The van der Waals surface area contributed by atoms with Gasteiger partial charge < -0.3 is 10.5 Å². The molecule has 0 aromatic heterocycles. The highest BCUT2D eigenvalue weighted by Gasteiger charge is 2.31. The van der Waals surface area contributed by atoms with E-state index in [1.165, 1.54) is 19.2 Å². The lowest BCUT2D eigenvalue weighted by Gasteiger charge is -2.34. The minimum Gasteiger partial charge on any atom is -0.380 e. The molecule has 0 spiro atoms. The Kier molecular flexibility index (Phi) is 3.97. The fourth-order valence-electron chi connectivity index (χ4n) is 2.64. The zero-order chi connectivity index (χ0) is 13.2. The van der Waals surface area contributed by atoms with E-state index < -0.39 is 17.2 Å². The van der Waals surface area contributed by atoms with Gasteiger partial charge in [-0.2, -0.15) is 0 Å². The third-order valence-electron chi connectivity index (χ3n) is 3.75. The van der Waals surface area contributed by atoms with Crippen molar-refractivity contribution in [1.29, 1.82) is 0 Å². The molecule has 0 aliphatic heterocycles. The predicted octanol–water partition coefficient (Wildman–Crippen LogP) is 3.23. The van der Waals surface area contributed by atoms with Gasteiger partial charge in [0.05, 0.1) is 6.61 Å². The van der Waals surface area contributed by atoms with E-state index in [0.717, 1.165) is 32.1 Å². The van der Waals surface area contributed by atoms with Crippen LogP contribution in [0.15, 0.2) is 12.1 Å². The largest absolute Gasteiger partial charge is 0.380 e. The van der Waals surface area contributed by atoms with Crippen molar-refractivity contribution >= 4 is 0 Å². The standard InChI is InChI=1S/C14H19F2NO/c1-18-9-11-12(15)7-10(8-13(11)16)14(17)5-3-2-4-6-14/h7-8H,2-6,9,17H2,1H3. The van der Waals surface area contributed by atoms with Crippen molar-refractivity contribution in [3.63, 3.8) is 0 Å². The van der Waals surface area contributed by atoms with E-state index in [-0.39, 0.29) is 12.2 Å². The first-order valence-corrected chi connectivity index (χ1v) is 6.33. The van der Waals surface area contributed by atoms with E-state index >= 15 is 0 Å². The molecule has 0 saturated heterocycles. The number of hydrogen-bond acceptors (Lipinski definition) is 2. The molecule has 0 heterocycles. The minimum absolute atomic E-state index is 0.0272. The SMILES string of the molecule is COCc1c(F)cc(C2(N)CCCCC2)cc1F. The van der Waals surface area contributed by atoms with Crippen LogP contribution in [0.2, 0.25) is 0 Å². The van der Waals surface area contributed by atoms with E-state index in [1.807, 2.05) is 0 Å². The van der Waals surface area contributed by atoms with Crippen LogP contribution in [-0.4, -0.2) is 7.11 Å². The minimum atomic E-state index is -0.578. The summed E-state index contributed by atoms with van der Waals surface area (Å²) in [5.41, 5.74) is 6.24. The summed E-state index contributed by atoms with van der Waals surface area (Å²) in [5.74, 6) is -1.13. The van der Waals surface area contributed by atoms with Gasteiger partial charge in [-0.25, -0.2) is 8.78 Å². The summed E-state index contributed by atoms with van der Waals surface area (Å²) in [6.07, 6.45) is 4.75. The van der Waals surface area contributed by atoms with Crippen LogP contribution in [0.5, 0.6) is 0 Å². The Labute approximate surface area is 106 Å². The normalized spacial score (nSPS) is 18.9. The zero-order valence-corrected chi connectivity index (χ0v) is 10.6. The molecule has 1 aromatic carbocycles. The lowest BCUT2D eigenvalue weighted by Crippen LogP contribution is -2.38. The van der Waals surface area contributed by atoms with Crippen LogP contribution in [0.4, 0.5) is 8.78 Å². The Balaban J connectivity index is 2.34. The second kappa shape index (κ2) is 5.33. The maximum absolute atomic E-state index is 13.8. The lowest BCUT2D eigenvalue weighted by atomic mass is 9.77. The molecule has 100 valence electrons. The topological polar surface area (TPSA) is 35.2 Å². The molecule has 4 heteroatoms. The Hall–Kier alpha value is -1.00. The van der Waals surface area contributed by atoms with Gasteiger partial charge >= 0.3 is 0 Å². The summed E-state index contributed by atoms with van der Waals surface area (Å²) in [4.78, 5) is 0. The van der Waals surface area contributed by atoms with Crippen LogP contribution in [0.3, 0.4) is 0 Å². The number of ether oxygens (including phenoxy) is 1. The van der Waals surface area contributed by atoms with Gasteiger partial charge in [0, 0.05) is 18.2 Å². The summed E-state index contributed by atoms with van der Waals surface area (Å²) in [6.45, 7) is -0.0600. The fraction of sp³-hybridized carbons (Fsp3) is 0.571. The molecule has 2 N–H and O–H groups in total. The average Bonchev–Trinajstić information content (AvgIpc) is 2.34. The third-order valence-corrected chi connectivity index (χ3v) is 3.75. The molecule has 1 aliphatic carbocycles. The first kappa shape index (κ1) is 13.4. The predicted molar refractivity (Wildman–Crippen MR) is 66.0 cm³/mol. The highest BCUT2D eigenvalue weighted by molar-refractivity contribution is 5.31. The monoisotopic (exact) mass is 255 g/mol. The van der Waals surface area contributed by atoms with Crippen LogP contribution < -0.4 is 5.73 Å². The van der Waals surface area contributed by atoms with E-state index in [0.29, 0.717) is 5.56 Å². The number of hydrogen-bond donors (Lipinski definition) is 1. The van der Waals surface area contributed by atoms with E-state index in [1.54, 1.807) is 0 Å². The van der Waals surface area contributed by atoms with Crippen molar-refractivity contribution in [2.45, 2.75) is 44.2 Å². The van der Waals surface area contributed by atoms with Crippen molar-refractivity contribution in [3.8, 4) is 0 Å². The van der Waals surface area contributed by atoms with Gasteiger partial charge in [0.25, 0.3) is 0 Å². The van der Waals surface area contributed by atoms with Crippen molar-refractivity contribution in [2.24, 2.45) is 5.73 Å². The Morgan fingerprint density at radius 1 is 1.17 bits per heavy atom. The second-order valence-electron chi connectivity index (χ2n) is 5.07. The average molecular weight is 255 g/mol. The van der Waals surface area contributed by atoms with Gasteiger partial charge in [0.15, 0.2) is 0 Å². The maximum atomic E-state index is 13.8. The summed E-state index contributed by atoms with van der Waals surface area (Å²) in [5, 5.41) is 0. The van der Waals surface area contributed by atoms with E-state index in [9.17, 15) is 8.78 Å². The maximum Gasteiger partial charge on any atom is 0.132 e. The summed E-state index contributed by atoms with van der Waals surface area (Å²) >= 11 is 0. The summed E-state index contributed by atoms with van der Waals surface area (Å²) in [6, 6.07) is 2.73. The third kappa shape index (κ3) is 2.54. The van der Waals surface area contributed by atoms with Crippen LogP contribution in [-0.2, 0) is 16.9 Å². The van der Waals surface area contributed by atoms with Gasteiger partial charge in [0.2, 0.25) is 0 Å². The molecule has 1 saturated carbocycles. The number of nitrogens with two attached hydrogens (primary N) is 1. The fourth-order valence-corrected chi connectivity index (χ4v) is 2.64. The number of benzene rings is 1. The Morgan fingerprint density at radius 2 is 1.72 bits per heavy atom. The number of methoxy groups -OCH3 is 1. The quantitative estimate of drug-likeness (QED) is 0.900. The van der Waals surface area contributed by atoms with Crippen molar-refractivity contribution < 1.29 is 13.5 Å². The zero-order valence-electron chi connectivity index (χ0n) is 10.6. The molecule has 1 fully saturated rings. The molecule has 2 nitrogen and oxygen atoms in total. The first-order chi connectivity index (χ1) is 8.57. The molecular formula is C14H19F2NO. The Bertz CT molecular complexity index is 405. The summed E-state index contributed by atoms with van der Waals surface area (Å²) < 4.78 is 32.5. The van der Waals surface area contributed by atoms with Crippen LogP contribution >= 0.6 is 0 Å². The van der Waals surface area contributed by atoms with Crippen LogP contribution in [0.1, 0.15) is 43.2 Å². The molecule has 0 radical (unpaired) electrons. The molecule has 0 unspecified atom stereocenters. The first-order valence-electron chi connectivity index (χ1n) is 6.33. The van der Waals surface area contributed by atoms with E-state index in [4.69, 9.17) is 10.5 Å². The van der Waals surface area contributed by atoms with Gasteiger partial charge in [-0.3, -0.25) is 0 Å². The molecule has 0 atom stereocenters. The van der Waals surface area contributed by atoms with Gasteiger partial charge in [-0.1, -0.05) is 19.3 Å². The van der Waals surface area contributed by atoms with Gasteiger partial charge in [0.1, 0.15) is 11.6 Å². The number of rotatable bonds is 3. The van der Waals surface area contributed by atoms with Gasteiger partial charge in [-0.15, -0.1) is 0 Å². The summed E-state index contributed by atoms with van der Waals surface area (Å²) in [7, 11) is 1.42. The molecule has 1 aromatic rings. The van der Waals surface area contributed by atoms with Crippen molar-refractivity contribution in [1.82, 2.24) is 0 Å². The number of halogens is 2. The molecular weight excluding hydrogens is 236 g/mol. The van der Waals surface area contributed by atoms with Crippen molar-refractivity contribution in [2.75, 3.05) is 7.11 Å². The lowest BCUT2D eigenvalue weighted by molar-refractivity contribution is 0.177. The highest BCUT2D eigenvalue weighted by Crippen LogP contribution is 2.35. The van der Waals surface area contributed by atoms with Crippen molar-refractivity contribution in [3.05, 3.63) is 34.9 Å². The smallest absolute Gasteiger partial charge is 0.132 e. The molecule has 1 aliphatic rings. The second-order valence-corrected chi connectivity index (χ2v) is 5.07. The Morgan fingerprint density at radius 3 is 2.22 bits per heavy atom. The van der Waals surface area contributed by atoms with Gasteiger partial charge in [-0.05, 0) is 30.5 Å². The van der Waals surface area contributed by atoms with Crippen LogP contribution in [0.25, 0.3) is 0 Å². The highest BCUT2D eigenvalue weighted by atomic mass is 19.1. The molecule has 0 amide bonds. The molecule has 2 rings (SSSR count). The van der Waals surface area contributed by atoms with Crippen LogP contribution in [0, 0.1) is 11.6 Å². The molecule has 0 bridgehead atoms.